The molecule has 3 aliphatic rings. The fraction of sp³-hybridized carbons (Fsp3) is 0.800. The van der Waals surface area contributed by atoms with Crippen molar-refractivity contribution in [1.29, 1.82) is 0 Å². The average Bonchev–Trinajstić information content (AvgIpc) is 3.11. The fourth-order valence-electron chi connectivity index (χ4n) is 4.65. The molecule has 1 aromatic heterocycles. The highest BCUT2D eigenvalue weighted by atomic mass is 35.5. The second-order valence-corrected chi connectivity index (χ2v) is 7.97. The lowest BCUT2D eigenvalue weighted by atomic mass is 10.0. The molecule has 0 aromatic carbocycles. The molecule has 0 bridgehead atoms. The van der Waals surface area contributed by atoms with E-state index in [1.807, 2.05) is 0 Å². The van der Waals surface area contributed by atoms with Gasteiger partial charge in [-0.25, -0.2) is 9.97 Å². The number of aliphatic hydroxyl groups is 1. The van der Waals surface area contributed by atoms with Crippen molar-refractivity contribution in [1.82, 2.24) is 20.2 Å². The van der Waals surface area contributed by atoms with Crippen molar-refractivity contribution in [3.05, 3.63) is 17.1 Å². The molecule has 1 saturated heterocycles. The Kier molecular flexibility index (Phi) is 9.71. The second-order valence-electron chi connectivity index (χ2n) is 7.97. The van der Waals surface area contributed by atoms with Gasteiger partial charge >= 0.3 is 0 Å². The zero-order chi connectivity index (χ0) is 17.8. The smallest absolute Gasteiger partial charge is 0.135 e. The monoisotopic (exact) mass is 431 g/mol. The first-order valence-corrected chi connectivity index (χ1v) is 10.5. The van der Waals surface area contributed by atoms with Crippen LogP contribution in [0.4, 0.5) is 5.82 Å². The third-order valence-corrected chi connectivity index (χ3v) is 6.20. The number of fused-ring (bicyclic) bond motifs is 1. The van der Waals surface area contributed by atoms with Gasteiger partial charge in [-0.2, -0.15) is 0 Å². The number of aromatic nitrogens is 2. The molecule has 2 N–H and O–H groups in total. The van der Waals surface area contributed by atoms with Crippen LogP contribution in [0.5, 0.6) is 0 Å². The van der Waals surface area contributed by atoms with Crippen molar-refractivity contribution in [2.24, 2.45) is 0 Å². The van der Waals surface area contributed by atoms with E-state index < -0.39 is 0 Å². The number of aliphatic hydroxyl groups excluding tert-OH is 1. The summed E-state index contributed by atoms with van der Waals surface area (Å²) in [6.07, 6.45) is 8.11. The minimum Gasteiger partial charge on any atom is -0.396 e. The highest BCUT2D eigenvalue weighted by molar-refractivity contribution is 5.85. The van der Waals surface area contributed by atoms with Crippen LogP contribution in [0, 0.1) is 0 Å². The molecule has 0 unspecified atom stereocenters. The van der Waals surface area contributed by atoms with E-state index >= 15 is 0 Å². The van der Waals surface area contributed by atoms with Gasteiger partial charge in [0.2, 0.25) is 0 Å². The first kappa shape index (κ1) is 23.6. The van der Waals surface area contributed by atoms with Crippen LogP contribution in [-0.4, -0.2) is 72.4 Å². The number of hydrogen-bond donors (Lipinski definition) is 2. The largest absolute Gasteiger partial charge is 0.396 e. The maximum Gasteiger partial charge on any atom is 0.135 e. The first-order valence-electron chi connectivity index (χ1n) is 10.5. The van der Waals surface area contributed by atoms with E-state index in [4.69, 9.17) is 15.1 Å². The zero-order valence-corrected chi connectivity index (χ0v) is 18.4. The van der Waals surface area contributed by atoms with Gasteiger partial charge in [-0.1, -0.05) is 12.8 Å². The van der Waals surface area contributed by atoms with Crippen LogP contribution in [-0.2, 0) is 12.8 Å². The maximum atomic E-state index is 9.06. The highest BCUT2D eigenvalue weighted by Crippen LogP contribution is 2.34. The van der Waals surface area contributed by atoms with Gasteiger partial charge in [-0.05, 0) is 32.2 Å². The topological polar surface area (TPSA) is 64.5 Å². The fourth-order valence-corrected chi connectivity index (χ4v) is 4.65. The van der Waals surface area contributed by atoms with Gasteiger partial charge in [-0.3, -0.25) is 4.90 Å². The van der Waals surface area contributed by atoms with Gasteiger partial charge in [0.05, 0.1) is 5.69 Å². The molecule has 160 valence electrons. The SMILES string of the molecule is Cl.Cl.OCCCN1CCN(c2nc(C3CCCC3)nc3c2CCNCC3)CC1. The third kappa shape index (κ3) is 5.48. The summed E-state index contributed by atoms with van der Waals surface area (Å²) in [5.41, 5.74) is 2.69. The Morgan fingerprint density at radius 1 is 0.964 bits per heavy atom. The standard InChI is InChI=1S/C20H33N5O.2ClH/c26-15-3-10-24-11-13-25(14-12-24)20-17-6-8-21-9-7-18(17)22-19(23-20)16-4-1-2-5-16;;/h16,21,26H,1-15H2;2*1H. The van der Waals surface area contributed by atoms with Crippen molar-refractivity contribution in [3.63, 3.8) is 0 Å². The Morgan fingerprint density at radius 2 is 1.68 bits per heavy atom. The molecule has 28 heavy (non-hydrogen) atoms. The van der Waals surface area contributed by atoms with Gasteiger partial charge in [-0.15, -0.1) is 24.8 Å². The molecular formula is C20H35Cl2N5O. The zero-order valence-electron chi connectivity index (χ0n) is 16.7. The normalized spacial score (nSPS) is 20.8. The number of halogens is 2. The summed E-state index contributed by atoms with van der Waals surface area (Å²) in [5.74, 6) is 2.91. The van der Waals surface area contributed by atoms with Crippen LogP contribution in [0.25, 0.3) is 0 Å². The number of anilines is 1. The van der Waals surface area contributed by atoms with E-state index in [9.17, 15) is 0 Å². The summed E-state index contributed by atoms with van der Waals surface area (Å²) in [6.45, 7) is 7.55. The summed E-state index contributed by atoms with van der Waals surface area (Å²) < 4.78 is 0. The van der Waals surface area contributed by atoms with E-state index in [-0.39, 0.29) is 31.4 Å². The van der Waals surface area contributed by atoms with Crippen LogP contribution >= 0.6 is 24.8 Å². The van der Waals surface area contributed by atoms with Crippen LogP contribution in [0.1, 0.15) is 55.1 Å². The number of nitrogens with one attached hydrogen (secondary N) is 1. The van der Waals surface area contributed by atoms with Gasteiger partial charge < -0.3 is 15.3 Å². The van der Waals surface area contributed by atoms with Gasteiger partial charge in [0.1, 0.15) is 11.6 Å². The lowest BCUT2D eigenvalue weighted by molar-refractivity contribution is 0.215. The number of nitrogens with zero attached hydrogens (tertiary/aromatic N) is 4. The maximum absolute atomic E-state index is 9.06. The molecule has 1 saturated carbocycles. The van der Waals surface area contributed by atoms with Crippen LogP contribution in [0.15, 0.2) is 0 Å². The molecule has 1 aliphatic carbocycles. The summed E-state index contributed by atoms with van der Waals surface area (Å²) in [4.78, 5) is 15.2. The molecule has 0 atom stereocenters. The Balaban J connectivity index is 0.00000140. The Morgan fingerprint density at radius 3 is 2.39 bits per heavy atom. The Hall–Kier alpha value is -0.660. The van der Waals surface area contributed by atoms with E-state index in [1.165, 1.54) is 42.8 Å². The van der Waals surface area contributed by atoms with Gasteiger partial charge in [0.15, 0.2) is 0 Å². The van der Waals surface area contributed by atoms with Crippen molar-refractivity contribution >= 4 is 30.6 Å². The minimum atomic E-state index is 0. The van der Waals surface area contributed by atoms with Crippen molar-refractivity contribution in [3.8, 4) is 0 Å². The van der Waals surface area contributed by atoms with E-state index in [2.05, 4.69) is 15.1 Å². The van der Waals surface area contributed by atoms with Gasteiger partial charge in [0, 0.05) is 63.8 Å². The first-order chi connectivity index (χ1) is 12.8. The molecule has 2 aliphatic heterocycles. The molecular weight excluding hydrogens is 397 g/mol. The lowest BCUT2D eigenvalue weighted by Crippen LogP contribution is -2.47. The summed E-state index contributed by atoms with van der Waals surface area (Å²) >= 11 is 0. The second kappa shape index (κ2) is 11.5. The van der Waals surface area contributed by atoms with E-state index in [0.717, 1.165) is 70.9 Å². The number of hydrogen-bond acceptors (Lipinski definition) is 6. The van der Waals surface area contributed by atoms with Crippen LogP contribution in [0.3, 0.4) is 0 Å². The van der Waals surface area contributed by atoms with E-state index in [1.54, 1.807) is 0 Å². The van der Waals surface area contributed by atoms with Gasteiger partial charge in [0.25, 0.3) is 0 Å². The van der Waals surface area contributed by atoms with Crippen LogP contribution in [0.2, 0.25) is 0 Å². The van der Waals surface area contributed by atoms with Crippen LogP contribution < -0.4 is 10.2 Å². The molecule has 1 aromatic rings. The highest BCUT2D eigenvalue weighted by Gasteiger charge is 2.27. The number of rotatable bonds is 5. The summed E-state index contributed by atoms with van der Waals surface area (Å²) in [5, 5.41) is 12.6. The lowest BCUT2D eigenvalue weighted by Gasteiger charge is -2.36. The minimum absolute atomic E-state index is 0. The summed E-state index contributed by atoms with van der Waals surface area (Å²) in [7, 11) is 0. The third-order valence-electron chi connectivity index (χ3n) is 6.20. The molecule has 0 spiro atoms. The quantitative estimate of drug-likeness (QED) is 0.744. The molecule has 8 heteroatoms. The van der Waals surface area contributed by atoms with E-state index in [0.29, 0.717) is 5.92 Å². The molecule has 6 nitrogen and oxygen atoms in total. The number of piperazine rings is 1. The van der Waals surface area contributed by atoms with Crippen molar-refractivity contribution in [2.75, 3.05) is 57.3 Å². The predicted molar refractivity (Wildman–Crippen MR) is 118 cm³/mol. The molecule has 0 radical (unpaired) electrons. The molecule has 3 heterocycles. The summed E-state index contributed by atoms with van der Waals surface area (Å²) in [6, 6.07) is 0. The molecule has 4 rings (SSSR count). The molecule has 2 fully saturated rings. The Labute approximate surface area is 181 Å². The Bertz CT molecular complexity index is 605. The van der Waals surface area contributed by atoms with Crippen molar-refractivity contribution < 1.29 is 5.11 Å². The predicted octanol–water partition coefficient (Wildman–Crippen LogP) is 2.17. The molecule has 0 amide bonds. The van der Waals surface area contributed by atoms with Crippen molar-refractivity contribution in [2.45, 2.75) is 50.9 Å². The average molecular weight is 432 g/mol.